The molecule has 0 radical (unpaired) electrons. The van der Waals surface area contributed by atoms with Gasteiger partial charge in [0.25, 0.3) is 10.0 Å². The van der Waals surface area contributed by atoms with Crippen LogP contribution in [0.3, 0.4) is 0 Å². The molecule has 3 rings (SSSR count). The molecule has 10 heteroatoms. The third kappa shape index (κ3) is 5.75. The van der Waals surface area contributed by atoms with Crippen molar-refractivity contribution in [3.63, 3.8) is 0 Å². The van der Waals surface area contributed by atoms with Crippen molar-refractivity contribution >= 4 is 43.0 Å². The minimum atomic E-state index is -3.87. The first-order valence-electron chi connectivity index (χ1n) is 10.6. The molecule has 0 aliphatic carbocycles. The number of rotatable bonds is 8. The Hall–Kier alpha value is -1.81. The van der Waals surface area contributed by atoms with Gasteiger partial charge in [0.15, 0.2) is 0 Å². The molecular weight excluding hydrogens is 470 g/mol. The van der Waals surface area contributed by atoms with Gasteiger partial charge in [0, 0.05) is 18.1 Å². The highest BCUT2D eigenvalue weighted by molar-refractivity contribution is 7.93. The first-order chi connectivity index (χ1) is 15.0. The summed E-state index contributed by atoms with van der Waals surface area (Å²) in [6.07, 6.45) is 2.81. The first kappa shape index (κ1) is 24.8. The molecule has 0 bridgehead atoms. The molecule has 1 aliphatic rings. The highest BCUT2D eigenvalue weighted by atomic mass is 35.5. The molecule has 0 unspecified atom stereocenters. The summed E-state index contributed by atoms with van der Waals surface area (Å²) in [4.78, 5) is 0.0945. The van der Waals surface area contributed by atoms with Gasteiger partial charge >= 0.3 is 0 Å². The van der Waals surface area contributed by atoms with Crippen LogP contribution in [-0.4, -0.2) is 48.8 Å². The Bertz CT molecular complexity index is 1130. The van der Waals surface area contributed by atoms with E-state index in [1.165, 1.54) is 27.0 Å². The van der Waals surface area contributed by atoms with E-state index in [0.717, 1.165) is 19.4 Å². The maximum Gasteiger partial charge on any atom is 0.264 e. The molecule has 1 atom stereocenters. The van der Waals surface area contributed by atoms with Crippen molar-refractivity contribution in [3.05, 3.63) is 53.6 Å². The molecule has 1 N–H and O–H groups in total. The van der Waals surface area contributed by atoms with E-state index in [4.69, 9.17) is 11.6 Å². The van der Waals surface area contributed by atoms with Gasteiger partial charge in [-0.15, -0.1) is 0 Å². The number of hydrogen-bond acceptors (Lipinski definition) is 5. The van der Waals surface area contributed by atoms with Crippen LogP contribution in [0.4, 0.5) is 11.4 Å². The van der Waals surface area contributed by atoms with Crippen molar-refractivity contribution in [1.29, 1.82) is 0 Å². The number of halogens is 1. The van der Waals surface area contributed by atoms with Crippen molar-refractivity contribution in [3.8, 4) is 0 Å². The van der Waals surface area contributed by atoms with Gasteiger partial charge in [-0.1, -0.05) is 31.5 Å². The third-order valence-corrected chi connectivity index (χ3v) is 8.53. The highest BCUT2D eigenvalue weighted by Gasteiger charge is 2.30. The molecular formula is C22H30ClN3O4S2. The van der Waals surface area contributed by atoms with Crippen LogP contribution in [-0.2, 0) is 20.0 Å². The van der Waals surface area contributed by atoms with E-state index in [-0.39, 0.29) is 23.4 Å². The fraction of sp³-hybridized carbons (Fsp3) is 0.455. The van der Waals surface area contributed by atoms with Gasteiger partial charge in [0.1, 0.15) is 0 Å². The Kier molecular flexibility index (Phi) is 7.75. The topological polar surface area (TPSA) is 86.8 Å². The summed E-state index contributed by atoms with van der Waals surface area (Å²) < 4.78 is 54.8. The van der Waals surface area contributed by atoms with Crippen molar-refractivity contribution in [2.75, 3.05) is 34.5 Å². The number of piperidine rings is 1. The smallest absolute Gasteiger partial charge is 0.264 e. The van der Waals surface area contributed by atoms with Crippen LogP contribution in [0.2, 0.25) is 5.02 Å². The number of anilines is 2. The maximum absolute atomic E-state index is 13.5. The lowest BCUT2D eigenvalue weighted by Crippen LogP contribution is -2.48. The van der Waals surface area contributed by atoms with Crippen LogP contribution in [0.5, 0.6) is 0 Å². The van der Waals surface area contributed by atoms with Crippen molar-refractivity contribution in [2.24, 2.45) is 5.92 Å². The zero-order valence-electron chi connectivity index (χ0n) is 18.5. The fourth-order valence-electron chi connectivity index (χ4n) is 3.90. The van der Waals surface area contributed by atoms with Gasteiger partial charge in [-0.2, -0.15) is 0 Å². The van der Waals surface area contributed by atoms with E-state index in [1.807, 2.05) is 13.8 Å². The van der Waals surface area contributed by atoms with E-state index in [9.17, 15) is 16.8 Å². The molecule has 176 valence electrons. The molecule has 1 heterocycles. The van der Waals surface area contributed by atoms with Crippen LogP contribution >= 0.6 is 11.6 Å². The molecule has 32 heavy (non-hydrogen) atoms. The fourth-order valence-corrected chi connectivity index (χ4v) is 6.93. The lowest BCUT2D eigenvalue weighted by atomic mass is 10.1. The largest absolute Gasteiger partial charge is 0.315 e. The molecule has 0 spiro atoms. The number of sulfonamides is 2. The molecule has 0 aromatic heterocycles. The van der Waals surface area contributed by atoms with E-state index in [2.05, 4.69) is 5.32 Å². The summed E-state index contributed by atoms with van der Waals surface area (Å²) in [5.74, 6) is 0.0857. The molecule has 7 nitrogen and oxygen atoms in total. The molecule has 2 aromatic rings. The third-order valence-electron chi connectivity index (χ3n) is 5.27. The number of hydrogen-bond donors (Lipinski definition) is 1. The van der Waals surface area contributed by atoms with Gasteiger partial charge in [0.05, 0.1) is 28.6 Å². The normalized spacial score (nSPS) is 17.3. The summed E-state index contributed by atoms with van der Waals surface area (Å²) in [6, 6.07) is 12.6. The highest BCUT2D eigenvalue weighted by Crippen LogP contribution is 2.30. The van der Waals surface area contributed by atoms with Crippen LogP contribution in [0.15, 0.2) is 53.4 Å². The van der Waals surface area contributed by atoms with Crippen LogP contribution < -0.4 is 13.9 Å². The zero-order chi connectivity index (χ0) is 23.5. The molecule has 0 saturated carbocycles. The second-order valence-corrected chi connectivity index (χ2v) is 12.6. The molecule has 2 aromatic carbocycles. The molecule has 1 saturated heterocycles. The van der Waals surface area contributed by atoms with Crippen molar-refractivity contribution in [1.82, 2.24) is 5.32 Å². The minimum absolute atomic E-state index is 0.0857. The summed E-state index contributed by atoms with van der Waals surface area (Å²) in [5, 5.41) is 3.68. The van der Waals surface area contributed by atoms with Crippen LogP contribution in [0.1, 0.15) is 26.7 Å². The monoisotopic (exact) mass is 499 g/mol. The number of benzene rings is 2. The van der Waals surface area contributed by atoms with Gasteiger partial charge in [-0.3, -0.25) is 8.61 Å². The SMILES string of the molecule is CC(C)CN(c1cccc(Cl)c1)S(=O)(=O)c1ccc(N([C@@H]2CCCNC2)S(C)(=O)=O)cc1. The Morgan fingerprint density at radius 2 is 1.75 bits per heavy atom. The van der Waals surface area contributed by atoms with Gasteiger partial charge < -0.3 is 5.32 Å². The summed E-state index contributed by atoms with van der Waals surface area (Å²) in [5.41, 5.74) is 0.944. The average Bonchev–Trinajstić information content (AvgIpc) is 2.72. The zero-order valence-corrected chi connectivity index (χ0v) is 20.9. The number of nitrogens with one attached hydrogen (secondary N) is 1. The Morgan fingerprint density at radius 1 is 1.06 bits per heavy atom. The first-order valence-corrected chi connectivity index (χ1v) is 14.3. The summed E-state index contributed by atoms with van der Waals surface area (Å²) in [6.45, 7) is 5.59. The van der Waals surface area contributed by atoms with E-state index in [0.29, 0.717) is 22.9 Å². The molecule has 1 fully saturated rings. The van der Waals surface area contributed by atoms with Gasteiger partial charge in [-0.25, -0.2) is 16.8 Å². The predicted molar refractivity (Wildman–Crippen MR) is 130 cm³/mol. The Balaban J connectivity index is 1.97. The van der Waals surface area contributed by atoms with E-state index < -0.39 is 20.0 Å². The van der Waals surface area contributed by atoms with E-state index >= 15 is 0 Å². The second-order valence-electron chi connectivity index (χ2n) is 8.46. The lowest BCUT2D eigenvalue weighted by Gasteiger charge is -2.34. The molecule has 1 aliphatic heterocycles. The average molecular weight is 500 g/mol. The number of nitrogens with zero attached hydrogens (tertiary/aromatic N) is 2. The Morgan fingerprint density at radius 3 is 2.28 bits per heavy atom. The quantitative estimate of drug-likeness (QED) is 0.598. The van der Waals surface area contributed by atoms with Gasteiger partial charge in [0.2, 0.25) is 10.0 Å². The van der Waals surface area contributed by atoms with Gasteiger partial charge in [-0.05, 0) is 67.8 Å². The summed E-state index contributed by atoms with van der Waals surface area (Å²) >= 11 is 6.10. The maximum atomic E-state index is 13.5. The van der Waals surface area contributed by atoms with E-state index in [1.54, 1.807) is 36.4 Å². The van der Waals surface area contributed by atoms with Crippen molar-refractivity contribution < 1.29 is 16.8 Å². The molecule has 0 amide bonds. The van der Waals surface area contributed by atoms with Crippen LogP contribution in [0.25, 0.3) is 0 Å². The van der Waals surface area contributed by atoms with Crippen LogP contribution in [0, 0.1) is 5.92 Å². The Labute approximate surface area is 196 Å². The standard InChI is InChI=1S/C22H30ClN3O4S2/c1-17(2)16-25(20-7-4-6-18(23)14-20)32(29,30)22-11-9-19(10-12-22)26(31(3,27)28)21-8-5-13-24-15-21/h4,6-7,9-12,14,17,21,24H,5,8,13,15-16H2,1-3H3/t21-/m1/s1. The lowest BCUT2D eigenvalue weighted by molar-refractivity contribution is 0.455. The van der Waals surface area contributed by atoms with Crippen molar-refractivity contribution in [2.45, 2.75) is 37.6 Å². The minimum Gasteiger partial charge on any atom is -0.315 e. The summed E-state index contributed by atoms with van der Waals surface area (Å²) in [7, 11) is -7.40. The second kappa shape index (κ2) is 9.99. The predicted octanol–water partition coefficient (Wildman–Crippen LogP) is 3.71.